The van der Waals surface area contributed by atoms with Gasteiger partial charge in [-0.1, -0.05) is 0 Å². The summed E-state index contributed by atoms with van der Waals surface area (Å²) >= 11 is 0. The minimum atomic E-state index is -0.0727. The van der Waals surface area contributed by atoms with Crippen LogP contribution < -0.4 is 19.7 Å². The fourth-order valence-corrected chi connectivity index (χ4v) is 2.60. The lowest BCUT2D eigenvalue weighted by atomic mass is 10.1. The highest BCUT2D eigenvalue weighted by Crippen LogP contribution is 2.31. The predicted octanol–water partition coefficient (Wildman–Crippen LogP) is 3.40. The third kappa shape index (κ3) is 3.56. The maximum absolute atomic E-state index is 11.1. The van der Waals surface area contributed by atoms with Crippen LogP contribution in [0.1, 0.15) is 19.4 Å². The van der Waals surface area contributed by atoms with Crippen molar-refractivity contribution in [2.24, 2.45) is 0 Å². The first kappa shape index (κ1) is 15.2. The number of ether oxygens (including phenoxy) is 2. The summed E-state index contributed by atoms with van der Waals surface area (Å²) in [7, 11) is 0. The highest BCUT2D eigenvalue weighted by molar-refractivity contribution is 5.88. The summed E-state index contributed by atoms with van der Waals surface area (Å²) in [4.78, 5) is 13.2. The Labute approximate surface area is 135 Å². The van der Waals surface area contributed by atoms with Gasteiger partial charge in [-0.15, -0.1) is 0 Å². The summed E-state index contributed by atoms with van der Waals surface area (Å²) in [5, 5.41) is 2.77. The molecule has 5 heteroatoms. The quantitative estimate of drug-likeness (QED) is 0.940. The van der Waals surface area contributed by atoms with Crippen molar-refractivity contribution in [2.75, 3.05) is 23.6 Å². The van der Waals surface area contributed by atoms with Crippen molar-refractivity contribution in [3.63, 3.8) is 0 Å². The number of benzene rings is 2. The lowest BCUT2D eigenvalue weighted by Crippen LogP contribution is -2.31. The lowest BCUT2D eigenvalue weighted by Gasteiger charge is -2.31. The second kappa shape index (κ2) is 6.60. The molecule has 2 aromatic rings. The van der Waals surface area contributed by atoms with E-state index >= 15 is 0 Å². The van der Waals surface area contributed by atoms with Crippen LogP contribution in [0.15, 0.2) is 42.5 Å². The largest absolute Gasteiger partial charge is 0.494 e. The normalized spacial score (nSPS) is 13.0. The van der Waals surface area contributed by atoms with E-state index < -0.39 is 0 Å². The summed E-state index contributed by atoms with van der Waals surface area (Å²) in [5.41, 5.74) is 2.94. The summed E-state index contributed by atoms with van der Waals surface area (Å²) < 4.78 is 11.4. The molecule has 0 aromatic heterocycles. The van der Waals surface area contributed by atoms with Crippen LogP contribution in [0.5, 0.6) is 11.5 Å². The minimum absolute atomic E-state index is 0.0727. The van der Waals surface area contributed by atoms with Crippen LogP contribution in [0.4, 0.5) is 11.4 Å². The lowest BCUT2D eigenvalue weighted by molar-refractivity contribution is -0.114. The van der Waals surface area contributed by atoms with E-state index in [1.165, 1.54) is 6.92 Å². The van der Waals surface area contributed by atoms with Crippen molar-refractivity contribution >= 4 is 17.3 Å². The van der Waals surface area contributed by atoms with Gasteiger partial charge in [0.1, 0.15) is 11.5 Å². The molecule has 3 rings (SSSR count). The molecule has 23 heavy (non-hydrogen) atoms. The number of rotatable bonds is 4. The van der Waals surface area contributed by atoms with Crippen molar-refractivity contribution in [2.45, 2.75) is 20.4 Å². The van der Waals surface area contributed by atoms with Crippen LogP contribution in [0.3, 0.4) is 0 Å². The van der Waals surface area contributed by atoms with Gasteiger partial charge in [-0.2, -0.15) is 0 Å². The van der Waals surface area contributed by atoms with Gasteiger partial charge in [0.05, 0.1) is 6.61 Å². The average molecular weight is 312 g/mol. The third-order valence-corrected chi connectivity index (χ3v) is 3.63. The minimum Gasteiger partial charge on any atom is -0.494 e. The molecule has 0 atom stereocenters. The van der Waals surface area contributed by atoms with E-state index in [1.54, 1.807) is 0 Å². The average Bonchev–Trinajstić information content (AvgIpc) is 2.55. The number of anilines is 2. The van der Waals surface area contributed by atoms with Crippen LogP contribution in [0.25, 0.3) is 0 Å². The topological polar surface area (TPSA) is 50.8 Å². The summed E-state index contributed by atoms with van der Waals surface area (Å²) in [6.45, 7) is 5.38. The zero-order chi connectivity index (χ0) is 16.2. The number of carbonyl (C=O) groups excluding carboxylic acids is 1. The van der Waals surface area contributed by atoms with Gasteiger partial charge in [0.25, 0.3) is 0 Å². The number of amides is 1. The third-order valence-electron chi connectivity index (χ3n) is 3.63. The van der Waals surface area contributed by atoms with Crippen LogP contribution in [-0.4, -0.2) is 19.2 Å². The van der Waals surface area contributed by atoms with Crippen molar-refractivity contribution in [1.82, 2.24) is 0 Å². The molecule has 0 radical (unpaired) electrons. The van der Waals surface area contributed by atoms with Crippen molar-refractivity contribution in [3.8, 4) is 11.5 Å². The molecule has 1 aliphatic rings. The first-order valence-electron chi connectivity index (χ1n) is 7.67. The molecule has 0 spiro atoms. The van der Waals surface area contributed by atoms with Gasteiger partial charge in [-0.3, -0.25) is 4.79 Å². The number of hydrogen-bond acceptors (Lipinski definition) is 4. The fourth-order valence-electron chi connectivity index (χ4n) is 2.60. The van der Waals surface area contributed by atoms with E-state index in [2.05, 4.69) is 10.2 Å². The van der Waals surface area contributed by atoms with Gasteiger partial charge in [-0.25, -0.2) is 0 Å². The van der Waals surface area contributed by atoms with Crippen LogP contribution in [0.2, 0.25) is 0 Å². The molecule has 120 valence electrons. The SMILES string of the molecule is CCOc1ccc2c(c1)CN(c1ccc(NC(C)=O)cc1)CO2. The smallest absolute Gasteiger partial charge is 0.221 e. The summed E-state index contributed by atoms with van der Waals surface area (Å²) in [5.74, 6) is 1.69. The second-order valence-electron chi connectivity index (χ2n) is 5.40. The first-order valence-corrected chi connectivity index (χ1v) is 7.67. The molecule has 0 unspecified atom stereocenters. The molecular formula is C18H20N2O3. The van der Waals surface area contributed by atoms with Gasteiger partial charge in [0.15, 0.2) is 6.73 Å². The molecule has 2 aromatic carbocycles. The van der Waals surface area contributed by atoms with Gasteiger partial charge in [0, 0.05) is 30.4 Å². The Balaban J connectivity index is 1.75. The Kier molecular flexibility index (Phi) is 4.37. The number of hydrogen-bond donors (Lipinski definition) is 1. The Morgan fingerprint density at radius 1 is 1.26 bits per heavy atom. The number of fused-ring (bicyclic) bond motifs is 1. The molecule has 1 aliphatic heterocycles. The fraction of sp³-hybridized carbons (Fsp3) is 0.278. The number of nitrogens with zero attached hydrogens (tertiary/aromatic N) is 1. The van der Waals surface area contributed by atoms with Crippen LogP contribution in [-0.2, 0) is 11.3 Å². The first-order chi connectivity index (χ1) is 11.2. The molecule has 0 saturated carbocycles. The molecule has 0 bridgehead atoms. The van der Waals surface area contributed by atoms with Crippen molar-refractivity contribution in [1.29, 1.82) is 0 Å². The van der Waals surface area contributed by atoms with Crippen LogP contribution >= 0.6 is 0 Å². The van der Waals surface area contributed by atoms with E-state index in [9.17, 15) is 4.79 Å². The molecule has 1 amide bonds. The van der Waals surface area contributed by atoms with E-state index in [4.69, 9.17) is 9.47 Å². The molecular weight excluding hydrogens is 292 g/mol. The Hall–Kier alpha value is -2.69. The molecule has 0 fully saturated rings. The van der Waals surface area contributed by atoms with E-state index in [0.29, 0.717) is 13.3 Å². The molecule has 5 nitrogen and oxygen atoms in total. The highest BCUT2D eigenvalue weighted by atomic mass is 16.5. The Morgan fingerprint density at radius 3 is 2.74 bits per heavy atom. The van der Waals surface area contributed by atoms with Gasteiger partial charge in [-0.05, 0) is 49.4 Å². The van der Waals surface area contributed by atoms with E-state index in [0.717, 1.165) is 35.0 Å². The maximum atomic E-state index is 11.1. The number of nitrogens with one attached hydrogen (secondary N) is 1. The summed E-state index contributed by atoms with van der Waals surface area (Å²) in [6.07, 6.45) is 0. The summed E-state index contributed by atoms with van der Waals surface area (Å²) in [6, 6.07) is 13.7. The monoisotopic (exact) mass is 312 g/mol. The van der Waals surface area contributed by atoms with Crippen LogP contribution in [0, 0.1) is 0 Å². The van der Waals surface area contributed by atoms with E-state index in [-0.39, 0.29) is 5.91 Å². The highest BCUT2D eigenvalue weighted by Gasteiger charge is 2.18. The predicted molar refractivity (Wildman–Crippen MR) is 90.0 cm³/mol. The standard InChI is InChI=1S/C18H20N2O3/c1-3-22-17-8-9-18-14(10-17)11-20(12-23-18)16-6-4-15(5-7-16)19-13(2)21/h4-10H,3,11-12H2,1-2H3,(H,19,21). The maximum Gasteiger partial charge on any atom is 0.221 e. The van der Waals surface area contributed by atoms with Crippen molar-refractivity contribution < 1.29 is 14.3 Å². The Bertz CT molecular complexity index is 698. The zero-order valence-electron chi connectivity index (χ0n) is 13.3. The number of carbonyl (C=O) groups is 1. The van der Waals surface area contributed by atoms with Gasteiger partial charge in [0.2, 0.25) is 5.91 Å². The van der Waals surface area contributed by atoms with E-state index in [1.807, 2.05) is 49.4 Å². The zero-order valence-corrected chi connectivity index (χ0v) is 13.3. The van der Waals surface area contributed by atoms with Gasteiger partial charge >= 0.3 is 0 Å². The molecule has 0 aliphatic carbocycles. The molecule has 1 N–H and O–H groups in total. The second-order valence-corrected chi connectivity index (χ2v) is 5.40. The molecule has 1 heterocycles. The van der Waals surface area contributed by atoms with Crippen molar-refractivity contribution in [3.05, 3.63) is 48.0 Å². The van der Waals surface area contributed by atoms with Gasteiger partial charge < -0.3 is 19.7 Å². The Morgan fingerprint density at radius 2 is 2.04 bits per heavy atom. The molecule has 0 saturated heterocycles.